The SMILES string of the molecule is CSc1cc(F)c(F)cc1-c1ccc(OCC2=NC(C(=O)N(CC(=O)OCC(C)I)C3CCNCC3)CS2)cc1. The molecular formula is C28H32F2IN3O4S2. The van der Waals surface area contributed by atoms with Crippen molar-refractivity contribution in [3.05, 3.63) is 48.0 Å². The van der Waals surface area contributed by atoms with Gasteiger partial charge in [0.1, 0.15) is 36.6 Å². The number of esters is 1. The van der Waals surface area contributed by atoms with Crippen LogP contribution in [-0.4, -0.2) is 82.7 Å². The van der Waals surface area contributed by atoms with Gasteiger partial charge in [0.25, 0.3) is 0 Å². The monoisotopic (exact) mass is 703 g/mol. The van der Waals surface area contributed by atoms with Gasteiger partial charge in [-0.25, -0.2) is 8.78 Å². The summed E-state index contributed by atoms with van der Waals surface area (Å²) < 4.78 is 38.9. The van der Waals surface area contributed by atoms with Crippen LogP contribution in [0.3, 0.4) is 0 Å². The number of aliphatic imine (C=N–C) groups is 1. The van der Waals surface area contributed by atoms with Gasteiger partial charge < -0.3 is 19.7 Å². The van der Waals surface area contributed by atoms with E-state index in [1.54, 1.807) is 29.2 Å². The van der Waals surface area contributed by atoms with Gasteiger partial charge in [0.15, 0.2) is 11.6 Å². The van der Waals surface area contributed by atoms with E-state index < -0.39 is 23.6 Å². The highest BCUT2D eigenvalue weighted by Crippen LogP contribution is 2.33. The molecule has 0 spiro atoms. The first kappa shape index (κ1) is 31.0. The maximum atomic E-state index is 13.8. The van der Waals surface area contributed by atoms with Crippen LogP contribution in [0.5, 0.6) is 5.75 Å². The third-order valence-electron chi connectivity index (χ3n) is 6.57. The van der Waals surface area contributed by atoms with Gasteiger partial charge >= 0.3 is 5.97 Å². The standard InChI is InChI=1S/C28H32F2IN3O4S2/c1-17(31)14-38-27(35)13-34(19-7-9-32-10-8-19)28(36)24-16-40-26(33-24)15-37-20-5-3-18(4-6-20)21-11-22(29)23(30)12-25(21)39-2/h3-6,11-12,17,19,24,32H,7-10,13-16H2,1-2H3. The van der Waals surface area contributed by atoms with E-state index in [4.69, 9.17) is 9.47 Å². The quantitative estimate of drug-likeness (QED) is 0.149. The highest BCUT2D eigenvalue weighted by Gasteiger charge is 2.35. The van der Waals surface area contributed by atoms with Crippen molar-refractivity contribution >= 4 is 63.0 Å². The Morgan fingerprint density at radius 3 is 2.58 bits per heavy atom. The topological polar surface area (TPSA) is 80.2 Å². The zero-order valence-corrected chi connectivity index (χ0v) is 26.1. The Hall–Kier alpha value is -1.90. The minimum atomic E-state index is -0.889. The summed E-state index contributed by atoms with van der Waals surface area (Å²) in [5.74, 6) is -1.23. The molecule has 216 valence electrons. The molecule has 1 fully saturated rings. The predicted molar refractivity (Wildman–Crippen MR) is 165 cm³/mol. The second-order valence-electron chi connectivity index (χ2n) is 9.54. The summed E-state index contributed by atoms with van der Waals surface area (Å²) in [6.45, 7) is 4.00. The van der Waals surface area contributed by atoms with Crippen LogP contribution >= 0.6 is 46.1 Å². The van der Waals surface area contributed by atoms with Crippen LogP contribution in [0, 0.1) is 11.6 Å². The van der Waals surface area contributed by atoms with Gasteiger partial charge in [-0.1, -0.05) is 41.6 Å². The number of amides is 1. The van der Waals surface area contributed by atoms with Crippen molar-refractivity contribution in [1.82, 2.24) is 10.2 Å². The molecule has 1 N–H and O–H groups in total. The number of ether oxygens (including phenoxy) is 2. The first-order chi connectivity index (χ1) is 19.2. The van der Waals surface area contributed by atoms with Gasteiger partial charge in [0.05, 0.1) is 0 Å². The van der Waals surface area contributed by atoms with Gasteiger partial charge in [0.2, 0.25) is 5.91 Å². The van der Waals surface area contributed by atoms with E-state index in [1.807, 2.05) is 13.2 Å². The van der Waals surface area contributed by atoms with Crippen molar-refractivity contribution in [3.8, 4) is 16.9 Å². The number of alkyl halides is 1. The number of thioether (sulfide) groups is 2. The number of nitrogens with one attached hydrogen (secondary N) is 1. The molecule has 0 saturated carbocycles. The first-order valence-electron chi connectivity index (χ1n) is 13.0. The average molecular weight is 704 g/mol. The highest BCUT2D eigenvalue weighted by molar-refractivity contribution is 14.1. The van der Waals surface area contributed by atoms with Crippen LogP contribution in [-0.2, 0) is 14.3 Å². The zero-order chi connectivity index (χ0) is 28.6. The number of benzene rings is 2. The van der Waals surface area contributed by atoms with Crippen LogP contribution < -0.4 is 10.1 Å². The van der Waals surface area contributed by atoms with Gasteiger partial charge in [-0.15, -0.1) is 23.5 Å². The maximum Gasteiger partial charge on any atom is 0.325 e. The van der Waals surface area contributed by atoms with Gasteiger partial charge in [-0.05, 0) is 67.6 Å². The summed E-state index contributed by atoms with van der Waals surface area (Å²) in [7, 11) is 0. The number of carbonyl (C=O) groups excluding carboxylic acids is 2. The molecule has 0 aliphatic carbocycles. The fourth-order valence-electron chi connectivity index (χ4n) is 4.52. The van der Waals surface area contributed by atoms with E-state index >= 15 is 0 Å². The molecule has 2 unspecified atom stereocenters. The van der Waals surface area contributed by atoms with Gasteiger partial charge in [-0.3, -0.25) is 14.6 Å². The summed E-state index contributed by atoms with van der Waals surface area (Å²) in [4.78, 5) is 32.9. The van der Waals surface area contributed by atoms with E-state index in [2.05, 4.69) is 32.9 Å². The van der Waals surface area contributed by atoms with Crippen molar-refractivity contribution in [2.45, 2.75) is 40.7 Å². The van der Waals surface area contributed by atoms with E-state index in [0.29, 0.717) is 33.6 Å². The average Bonchev–Trinajstić information content (AvgIpc) is 3.44. The molecule has 0 aromatic heterocycles. The molecular weight excluding hydrogens is 671 g/mol. The van der Waals surface area contributed by atoms with E-state index in [1.165, 1.54) is 35.7 Å². The molecule has 1 amide bonds. The lowest BCUT2D eigenvalue weighted by molar-refractivity contribution is -0.151. The third-order valence-corrected chi connectivity index (χ3v) is 8.74. The Bertz CT molecular complexity index is 1230. The predicted octanol–water partition coefficient (Wildman–Crippen LogP) is 5.19. The molecule has 0 bridgehead atoms. The minimum Gasteiger partial charge on any atom is -0.487 e. The summed E-state index contributed by atoms with van der Waals surface area (Å²) in [5.41, 5.74) is 1.36. The van der Waals surface area contributed by atoms with Crippen LogP contribution in [0.4, 0.5) is 8.78 Å². The molecule has 40 heavy (non-hydrogen) atoms. The second-order valence-corrected chi connectivity index (χ2v) is 13.6. The lowest BCUT2D eigenvalue weighted by Crippen LogP contribution is -2.51. The van der Waals surface area contributed by atoms with Crippen molar-refractivity contribution < 1.29 is 27.8 Å². The number of halogens is 3. The number of piperidine rings is 1. The van der Waals surface area contributed by atoms with Crippen molar-refractivity contribution in [3.63, 3.8) is 0 Å². The highest BCUT2D eigenvalue weighted by atomic mass is 127. The fraction of sp³-hybridized carbons (Fsp3) is 0.464. The molecule has 4 rings (SSSR count). The third kappa shape index (κ3) is 8.32. The summed E-state index contributed by atoms with van der Waals surface area (Å²) in [6.07, 6.45) is 3.37. The summed E-state index contributed by atoms with van der Waals surface area (Å²) >= 11 is 5.01. The molecule has 2 heterocycles. The Balaban J connectivity index is 1.37. The maximum absolute atomic E-state index is 13.8. The summed E-state index contributed by atoms with van der Waals surface area (Å²) in [5, 5.41) is 4.01. The lowest BCUT2D eigenvalue weighted by atomic mass is 10.0. The largest absolute Gasteiger partial charge is 0.487 e. The van der Waals surface area contributed by atoms with Crippen LogP contribution in [0.15, 0.2) is 46.3 Å². The van der Waals surface area contributed by atoms with Crippen molar-refractivity contribution in [2.24, 2.45) is 4.99 Å². The van der Waals surface area contributed by atoms with Gasteiger partial charge in [-0.2, -0.15) is 0 Å². The molecule has 1 saturated heterocycles. The number of hydrogen-bond donors (Lipinski definition) is 1. The smallest absolute Gasteiger partial charge is 0.325 e. The second kappa shape index (κ2) is 14.8. The van der Waals surface area contributed by atoms with Gasteiger partial charge in [0, 0.05) is 20.6 Å². The van der Waals surface area contributed by atoms with E-state index in [-0.39, 0.29) is 29.0 Å². The van der Waals surface area contributed by atoms with Crippen LogP contribution in [0.2, 0.25) is 0 Å². The van der Waals surface area contributed by atoms with E-state index in [0.717, 1.165) is 31.5 Å². The minimum absolute atomic E-state index is 0.0291. The molecule has 7 nitrogen and oxygen atoms in total. The van der Waals surface area contributed by atoms with Crippen molar-refractivity contribution in [2.75, 3.05) is 44.9 Å². The molecule has 2 aliphatic heterocycles. The molecule has 2 aliphatic rings. The first-order valence-corrected chi connectivity index (χ1v) is 16.5. The Kier molecular flexibility index (Phi) is 11.5. The lowest BCUT2D eigenvalue weighted by Gasteiger charge is -2.35. The van der Waals surface area contributed by atoms with Crippen LogP contribution in [0.1, 0.15) is 19.8 Å². The van der Waals surface area contributed by atoms with E-state index in [9.17, 15) is 18.4 Å². The summed E-state index contributed by atoms with van der Waals surface area (Å²) in [6, 6.07) is 8.94. The molecule has 12 heteroatoms. The number of hydrogen-bond acceptors (Lipinski definition) is 8. The Labute approximate surface area is 255 Å². The Morgan fingerprint density at radius 2 is 1.90 bits per heavy atom. The van der Waals surface area contributed by atoms with Crippen molar-refractivity contribution in [1.29, 1.82) is 0 Å². The molecule has 2 atom stereocenters. The number of carbonyl (C=O) groups is 2. The molecule has 0 radical (unpaired) electrons. The Morgan fingerprint density at radius 1 is 1.20 bits per heavy atom. The molecule has 2 aromatic carbocycles. The number of rotatable bonds is 11. The van der Waals surface area contributed by atoms with Crippen LogP contribution in [0.25, 0.3) is 11.1 Å². The molecule has 2 aromatic rings. The zero-order valence-electron chi connectivity index (χ0n) is 22.3. The normalized spacial score (nSPS) is 18.2. The number of nitrogens with zero attached hydrogens (tertiary/aromatic N) is 2. The fourth-order valence-corrected chi connectivity index (χ4v) is 6.23.